The van der Waals surface area contributed by atoms with Gasteiger partial charge in [0.1, 0.15) is 11.6 Å². The van der Waals surface area contributed by atoms with E-state index in [9.17, 15) is 22.4 Å². The molecule has 2 aromatic carbocycles. The molecule has 3 rings (SSSR count). The fourth-order valence-electron chi connectivity index (χ4n) is 3.45. The molecule has 0 bridgehead atoms. The van der Waals surface area contributed by atoms with Gasteiger partial charge in [-0.25, -0.2) is 10.2 Å². The van der Waals surface area contributed by atoms with Crippen LogP contribution >= 0.6 is 0 Å². The lowest BCUT2D eigenvalue weighted by atomic mass is 10.0. The molecule has 0 atom stereocenters. The largest absolute Gasteiger partial charge is 0.482 e. The van der Waals surface area contributed by atoms with E-state index in [-0.39, 0.29) is 24.6 Å². The molecule has 1 aliphatic rings. The number of primary amides is 1. The number of anilines is 2. The summed E-state index contributed by atoms with van der Waals surface area (Å²) in [6.45, 7) is 3.70. The molecular weight excluding hydrogens is 506 g/mol. The highest BCUT2D eigenvalue weighted by molar-refractivity contribution is 5.97. The lowest BCUT2D eigenvalue weighted by Gasteiger charge is -2.26. The van der Waals surface area contributed by atoms with Gasteiger partial charge in [0.15, 0.2) is 6.61 Å². The number of aliphatic imine (C=N–C) groups is 1. The molecule has 8 nitrogen and oxygen atoms in total. The number of hydrazine groups is 1. The topological polar surface area (TPSA) is 114 Å². The lowest BCUT2D eigenvalue weighted by molar-refractivity contribution is -0.140. The quantitative estimate of drug-likeness (QED) is 0.140. The van der Waals surface area contributed by atoms with E-state index in [1.807, 2.05) is 6.07 Å². The first kappa shape index (κ1) is 29.8. The molecule has 0 unspecified atom stereocenters. The van der Waals surface area contributed by atoms with Gasteiger partial charge >= 0.3 is 6.18 Å². The lowest BCUT2D eigenvalue weighted by Crippen LogP contribution is -2.35. The summed E-state index contributed by atoms with van der Waals surface area (Å²) in [5, 5.41) is 1.08. The highest BCUT2D eigenvalue weighted by atomic mass is 19.4. The molecule has 0 aliphatic carbocycles. The first-order valence-corrected chi connectivity index (χ1v) is 11.0. The van der Waals surface area contributed by atoms with Crippen molar-refractivity contribution in [3.05, 3.63) is 89.4 Å². The van der Waals surface area contributed by atoms with E-state index in [4.69, 9.17) is 15.4 Å². The van der Waals surface area contributed by atoms with Crippen LogP contribution in [0.2, 0.25) is 0 Å². The second kappa shape index (κ2) is 13.2. The van der Waals surface area contributed by atoms with Gasteiger partial charge < -0.3 is 15.4 Å². The van der Waals surface area contributed by atoms with Crippen molar-refractivity contribution in [1.29, 1.82) is 0 Å². The average Bonchev–Trinajstić information content (AvgIpc) is 2.87. The molecule has 2 aromatic rings. The summed E-state index contributed by atoms with van der Waals surface area (Å²) in [4.78, 5) is 25.8. The van der Waals surface area contributed by atoms with Gasteiger partial charge in [0.25, 0.3) is 5.91 Å². The summed E-state index contributed by atoms with van der Waals surface area (Å²) in [7, 11) is 3.23. The van der Waals surface area contributed by atoms with Gasteiger partial charge in [-0.15, -0.1) is 0 Å². The van der Waals surface area contributed by atoms with E-state index < -0.39 is 17.6 Å². The van der Waals surface area contributed by atoms with Crippen LogP contribution < -0.4 is 26.2 Å². The minimum absolute atomic E-state index is 0.0110. The number of nitrogens with zero attached hydrogens (tertiary/aromatic N) is 3. The minimum Gasteiger partial charge on any atom is -0.482 e. The molecule has 12 heteroatoms. The van der Waals surface area contributed by atoms with Crippen molar-refractivity contribution in [3.63, 3.8) is 0 Å². The van der Waals surface area contributed by atoms with E-state index in [0.717, 1.165) is 22.7 Å². The number of hydrogen-bond donors (Lipinski definition) is 2. The second-order valence-electron chi connectivity index (χ2n) is 7.74. The van der Waals surface area contributed by atoms with Gasteiger partial charge in [0.2, 0.25) is 6.41 Å². The van der Waals surface area contributed by atoms with Gasteiger partial charge in [-0.1, -0.05) is 24.8 Å². The van der Waals surface area contributed by atoms with Crippen molar-refractivity contribution in [2.24, 2.45) is 16.6 Å². The standard InChI is InChI=1S/C25H24F4N4O2.CH3NO/c1-4-17(11-12-31-2)21(33(30)18-7-8-19(20(26)14-18)25(27,28)29)9-5-16-6-10-22-23(13-16)35-15-24(34)32(22)3;2-1-3/h4,6-14H,1,5,15,30H2,2-3H3;1H,(H2,2,3)/b17-11+,21-9-,31-12?;. The number of allylic oxidation sites excluding steroid dienone is 3. The Morgan fingerprint density at radius 1 is 1.26 bits per heavy atom. The summed E-state index contributed by atoms with van der Waals surface area (Å²) in [5.41, 5.74) is 5.14. The van der Waals surface area contributed by atoms with Gasteiger partial charge in [-0.3, -0.25) is 19.6 Å². The van der Waals surface area contributed by atoms with Gasteiger partial charge in [0, 0.05) is 25.9 Å². The molecule has 2 amide bonds. The molecule has 202 valence electrons. The number of benzene rings is 2. The summed E-state index contributed by atoms with van der Waals surface area (Å²) < 4.78 is 58.6. The van der Waals surface area contributed by atoms with Gasteiger partial charge in [-0.2, -0.15) is 13.2 Å². The van der Waals surface area contributed by atoms with Crippen LogP contribution in [0.4, 0.5) is 28.9 Å². The fraction of sp³-hybridized carbons (Fsp3) is 0.192. The number of carbonyl (C=O) groups is 2. The number of ether oxygens (including phenoxy) is 1. The highest BCUT2D eigenvalue weighted by Crippen LogP contribution is 2.34. The predicted octanol–water partition coefficient (Wildman–Crippen LogP) is 3.92. The highest BCUT2D eigenvalue weighted by Gasteiger charge is 2.34. The van der Waals surface area contributed by atoms with Gasteiger partial charge in [0.05, 0.1) is 22.6 Å². The van der Waals surface area contributed by atoms with Crippen LogP contribution in [-0.2, 0) is 22.2 Å². The first-order chi connectivity index (χ1) is 18.0. The molecule has 0 radical (unpaired) electrons. The summed E-state index contributed by atoms with van der Waals surface area (Å²) in [6, 6.07) is 7.82. The zero-order chi connectivity index (χ0) is 28.5. The van der Waals surface area contributed by atoms with Crippen LogP contribution in [0.1, 0.15) is 11.1 Å². The molecule has 4 N–H and O–H groups in total. The normalized spacial score (nSPS) is 13.9. The molecule has 38 heavy (non-hydrogen) atoms. The van der Waals surface area contributed by atoms with Crippen LogP contribution in [0.3, 0.4) is 0 Å². The number of halogens is 4. The molecule has 0 saturated heterocycles. The maximum absolute atomic E-state index is 14.2. The SMILES string of the molecule is C=CC(=C\C=NC)/C(=C/Cc1ccc2c(c1)OCC(=O)N2C)N(N)c1ccc(C(F)(F)F)c(F)c1.NC=O. The Kier molecular flexibility index (Phi) is 10.3. The van der Waals surface area contributed by atoms with Crippen molar-refractivity contribution in [2.45, 2.75) is 12.6 Å². The average molecular weight is 534 g/mol. The van der Waals surface area contributed by atoms with E-state index in [2.05, 4.69) is 17.3 Å². The molecular formula is C26H27F4N5O3. The monoisotopic (exact) mass is 533 g/mol. The number of likely N-dealkylation sites (N-methyl/N-ethyl adjacent to an activating group) is 1. The molecule has 0 saturated carbocycles. The zero-order valence-corrected chi connectivity index (χ0v) is 20.7. The van der Waals surface area contributed by atoms with Crippen LogP contribution in [0, 0.1) is 5.82 Å². The maximum Gasteiger partial charge on any atom is 0.419 e. The number of amides is 2. The van der Waals surface area contributed by atoms with Crippen LogP contribution in [0.5, 0.6) is 5.75 Å². The number of rotatable bonds is 7. The Morgan fingerprint density at radius 2 is 1.95 bits per heavy atom. The van der Waals surface area contributed by atoms with Crippen molar-refractivity contribution in [1.82, 2.24) is 0 Å². The van der Waals surface area contributed by atoms with E-state index in [0.29, 0.717) is 35.2 Å². The third-order valence-corrected chi connectivity index (χ3v) is 5.36. The Bertz CT molecular complexity index is 1270. The molecule has 1 aliphatic heterocycles. The van der Waals surface area contributed by atoms with Crippen LogP contribution in [-0.4, -0.2) is 39.2 Å². The minimum atomic E-state index is -4.82. The van der Waals surface area contributed by atoms with Crippen molar-refractivity contribution < 1.29 is 31.9 Å². The van der Waals surface area contributed by atoms with Crippen molar-refractivity contribution >= 4 is 29.9 Å². The van der Waals surface area contributed by atoms with E-state index in [1.54, 1.807) is 38.4 Å². The number of nitrogens with two attached hydrogens (primary N) is 2. The number of alkyl halides is 3. The number of carbonyl (C=O) groups excluding carboxylic acids is 2. The molecule has 0 fully saturated rings. The summed E-state index contributed by atoms with van der Waals surface area (Å²) in [5.74, 6) is 5.19. The predicted molar refractivity (Wildman–Crippen MR) is 138 cm³/mol. The first-order valence-electron chi connectivity index (χ1n) is 11.0. The van der Waals surface area contributed by atoms with Gasteiger partial charge in [-0.05, 0) is 48.4 Å². The van der Waals surface area contributed by atoms with Crippen molar-refractivity contribution in [2.75, 3.05) is 30.6 Å². The van der Waals surface area contributed by atoms with Crippen molar-refractivity contribution in [3.8, 4) is 5.75 Å². The number of fused-ring (bicyclic) bond motifs is 1. The summed E-state index contributed by atoms with van der Waals surface area (Å²) >= 11 is 0. The Labute approximate surface area is 217 Å². The Morgan fingerprint density at radius 3 is 2.53 bits per heavy atom. The van der Waals surface area contributed by atoms with E-state index in [1.165, 1.54) is 17.2 Å². The summed E-state index contributed by atoms with van der Waals surface area (Å²) in [6.07, 6.45) is 2.13. The smallest absolute Gasteiger partial charge is 0.419 e. The fourth-order valence-corrected chi connectivity index (χ4v) is 3.45. The van der Waals surface area contributed by atoms with E-state index >= 15 is 0 Å². The zero-order valence-electron chi connectivity index (χ0n) is 20.7. The van der Waals surface area contributed by atoms with Crippen LogP contribution in [0.25, 0.3) is 0 Å². The third-order valence-electron chi connectivity index (χ3n) is 5.36. The van der Waals surface area contributed by atoms with Crippen LogP contribution in [0.15, 0.2) is 77.5 Å². The molecule has 0 aromatic heterocycles. The Balaban J connectivity index is 0.00000161. The maximum atomic E-state index is 14.2. The third kappa shape index (κ3) is 7.29. The second-order valence-corrected chi connectivity index (χ2v) is 7.74. The number of hydrogen-bond acceptors (Lipinski definition) is 6. The molecule has 0 spiro atoms. The Hall–Kier alpha value is -4.45. The molecule has 1 heterocycles.